The molecule has 1 aromatic heterocycles. The summed E-state index contributed by atoms with van der Waals surface area (Å²) in [5, 5.41) is 12.6. The lowest BCUT2D eigenvalue weighted by Crippen LogP contribution is -2.50. The number of hydrogen-bond donors (Lipinski definition) is 1. The number of aryl methyl sites for hydroxylation is 1. The molecule has 4 aliphatic carbocycles. The molecule has 0 aliphatic heterocycles. The number of benzene rings is 1. The number of carbonyl (C=O) groups is 1. The lowest BCUT2D eigenvalue weighted by Gasteiger charge is -2.56. The monoisotopic (exact) mass is 399 g/mol. The zero-order valence-corrected chi connectivity index (χ0v) is 17.2. The van der Waals surface area contributed by atoms with E-state index in [4.69, 9.17) is 0 Å². The molecule has 4 saturated carbocycles. The molecule has 0 atom stereocenters. The van der Waals surface area contributed by atoms with Crippen LogP contribution >= 0.6 is 23.1 Å². The van der Waals surface area contributed by atoms with Crippen molar-refractivity contribution in [2.24, 2.45) is 23.2 Å². The molecule has 0 saturated heterocycles. The highest BCUT2D eigenvalue weighted by molar-refractivity contribution is 8.01. The number of nitrogens with zero attached hydrogens (tertiary/aromatic N) is 2. The molecular formula is C21H25N3OS2. The van der Waals surface area contributed by atoms with E-state index in [9.17, 15) is 4.79 Å². The Hall–Kier alpha value is -1.40. The van der Waals surface area contributed by atoms with Crippen molar-refractivity contribution in [1.82, 2.24) is 10.2 Å². The highest BCUT2D eigenvalue weighted by Gasteiger charge is 2.54. The Morgan fingerprint density at radius 1 is 1.11 bits per heavy atom. The van der Waals surface area contributed by atoms with Crippen LogP contribution in [-0.4, -0.2) is 21.7 Å². The van der Waals surface area contributed by atoms with Crippen molar-refractivity contribution >= 4 is 39.7 Å². The molecule has 0 radical (unpaired) electrons. The van der Waals surface area contributed by atoms with Crippen molar-refractivity contribution in [3.8, 4) is 0 Å². The van der Waals surface area contributed by atoms with Crippen LogP contribution in [0, 0.1) is 30.1 Å². The second-order valence-electron chi connectivity index (χ2n) is 8.77. The Morgan fingerprint density at radius 2 is 1.74 bits per heavy atom. The SMILES string of the molecule is Cc1ccc(Nc2nnc(SCC(=O)C34CC5CC(CC(C5)C3)C4)s2)cc1. The summed E-state index contributed by atoms with van der Waals surface area (Å²) >= 11 is 3.10. The van der Waals surface area contributed by atoms with Crippen molar-refractivity contribution in [1.29, 1.82) is 0 Å². The lowest BCUT2D eigenvalue weighted by atomic mass is 9.48. The van der Waals surface area contributed by atoms with Gasteiger partial charge in [-0.1, -0.05) is 40.8 Å². The molecule has 4 aliphatic rings. The van der Waals surface area contributed by atoms with Gasteiger partial charge in [-0.25, -0.2) is 0 Å². The molecule has 4 nitrogen and oxygen atoms in total. The lowest BCUT2D eigenvalue weighted by molar-refractivity contribution is -0.141. The third-order valence-electron chi connectivity index (χ3n) is 6.67. The first-order chi connectivity index (χ1) is 13.1. The third-order valence-corrected chi connectivity index (χ3v) is 8.64. The fraction of sp³-hybridized carbons (Fsp3) is 0.571. The second-order valence-corrected chi connectivity index (χ2v) is 11.0. The van der Waals surface area contributed by atoms with Gasteiger partial charge in [0.2, 0.25) is 5.13 Å². The largest absolute Gasteiger partial charge is 0.330 e. The molecule has 6 heteroatoms. The van der Waals surface area contributed by atoms with Gasteiger partial charge in [0.25, 0.3) is 0 Å². The maximum Gasteiger partial charge on any atom is 0.210 e. The van der Waals surface area contributed by atoms with Crippen molar-refractivity contribution in [2.45, 2.75) is 49.8 Å². The molecule has 0 amide bonds. The third kappa shape index (κ3) is 3.54. The molecule has 27 heavy (non-hydrogen) atoms. The van der Waals surface area contributed by atoms with Crippen molar-refractivity contribution in [3.05, 3.63) is 29.8 Å². The van der Waals surface area contributed by atoms with E-state index >= 15 is 0 Å². The minimum atomic E-state index is -0.00455. The molecule has 2 aromatic rings. The second kappa shape index (κ2) is 6.89. The van der Waals surface area contributed by atoms with E-state index in [1.54, 1.807) is 11.8 Å². The van der Waals surface area contributed by atoms with Crippen LogP contribution in [0.3, 0.4) is 0 Å². The summed E-state index contributed by atoms with van der Waals surface area (Å²) in [5.74, 6) is 3.46. The number of aromatic nitrogens is 2. The van der Waals surface area contributed by atoms with Gasteiger partial charge in [0.1, 0.15) is 5.78 Å². The van der Waals surface area contributed by atoms with E-state index in [0.717, 1.165) is 52.2 Å². The zero-order chi connectivity index (χ0) is 18.4. The predicted octanol–water partition coefficient (Wildman–Crippen LogP) is 5.47. The van der Waals surface area contributed by atoms with Crippen LogP contribution in [0.2, 0.25) is 0 Å². The molecule has 4 bridgehead atoms. The van der Waals surface area contributed by atoms with Crippen LogP contribution in [-0.2, 0) is 4.79 Å². The van der Waals surface area contributed by atoms with E-state index in [1.807, 2.05) is 12.1 Å². The zero-order valence-electron chi connectivity index (χ0n) is 15.6. The Morgan fingerprint density at radius 3 is 2.37 bits per heavy atom. The van der Waals surface area contributed by atoms with Crippen molar-refractivity contribution in [2.75, 3.05) is 11.1 Å². The predicted molar refractivity (Wildman–Crippen MR) is 111 cm³/mol. The first kappa shape index (κ1) is 17.7. The number of ketones is 1. The van der Waals surface area contributed by atoms with E-state index in [-0.39, 0.29) is 5.41 Å². The molecule has 1 heterocycles. The fourth-order valence-electron chi connectivity index (χ4n) is 5.81. The summed E-state index contributed by atoms with van der Waals surface area (Å²) in [6.07, 6.45) is 7.58. The smallest absolute Gasteiger partial charge is 0.210 e. The van der Waals surface area contributed by atoms with Gasteiger partial charge in [0.05, 0.1) is 5.75 Å². The Labute approximate surface area is 168 Å². The van der Waals surface area contributed by atoms with E-state index < -0.39 is 0 Å². The van der Waals surface area contributed by atoms with Crippen molar-refractivity contribution < 1.29 is 4.79 Å². The number of rotatable bonds is 6. The molecule has 1 aromatic carbocycles. The Bertz CT molecular complexity index is 810. The molecule has 1 N–H and O–H groups in total. The van der Waals surface area contributed by atoms with Gasteiger partial charge in [-0.05, 0) is 75.3 Å². The van der Waals surface area contributed by atoms with E-state index in [2.05, 4.69) is 34.6 Å². The summed E-state index contributed by atoms with van der Waals surface area (Å²) in [6, 6.07) is 8.23. The van der Waals surface area contributed by atoms with Gasteiger partial charge in [-0.2, -0.15) is 0 Å². The molecule has 142 valence electrons. The standard InChI is InChI=1S/C21H25N3OS2/c1-13-2-4-17(5-3-13)22-19-23-24-20(27-19)26-12-18(25)21-9-14-6-15(10-21)8-16(7-14)11-21/h2-5,14-16H,6-12H2,1H3,(H,22,23). The van der Waals surface area contributed by atoms with Crippen molar-refractivity contribution in [3.63, 3.8) is 0 Å². The number of carbonyl (C=O) groups excluding carboxylic acids is 1. The van der Waals surface area contributed by atoms with Crippen LogP contribution in [0.1, 0.15) is 44.1 Å². The average molecular weight is 400 g/mol. The fourth-order valence-corrected chi connectivity index (χ4v) is 7.62. The quantitative estimate of drug-likeness (QED) is 0.653. The Kier molecular flexibility index (Phi) is 4.51. The van der Waals surface area contributed by atoms with Gasteiger partial charge in [0.15, 0.2) is 4.34 Å². The van der Waals surface area contributed by atoms with Gasteiger partial charge < -0.3 is 5.32 Å². The average Bonchev–Trinajstić information content (AvgIpc) is 3.08. The van der Waals surface area contributed by atoms with Crippen LogP contribution in [0.15, 0.2) is 28.6 Å². The van der Waals surface area contributed by atoms with E-state index in [0.29, 0.717) is 11.5 Å². The maximum absolute atomic E-state index is 13.1. The number of nitrogens with one attached hydrogen (secondary N) is 1. The number of Topliss-reactive ketones (excluding diaryl/α,β-unsaturated/α-hetero) is 1. The van der Waals surface area contributed by atoms with Crippen LogP contribution in [0.5, 0.6) is 0 Å². The first-order valence-corrected chi connectivity index (χ1v) is 11.7. The highest BCUT2D eigenvalue weighted by Crippen LogP contribution is 2.60. The number of thioether (sulfide) groups is 1. The summed E-state index contributed by atoms with van der Waals surface area (Å²) in [4.78, 5) is 13.1. The number of hydrogen-bond acceptors (Lipinski definition) is 6. The molecule has 0 unspecified atom stereocenters. The molecular weight excluding hydrogens is 374 g/mol. The summed E-state index contributed by atoms with van der Waals surface area (Å²) < 4.78 is 0.877. The minimum Gasteiger partial charge on any atom is -0.330 e. The van der Waals surface area contributed by atoms with Gasteiger partial charge in [0, 0.05) is 11.1 Å². The normalized spacial score (nSPS) is 31.2. The summed E-state index contributed by atoms with van der Waals surface area (Å²) in [6.45, 7) is 2.07. The maximum atomic E-state index is 13.1. The van der Waals surface area contributed by atoms with Gasteiger partial charge in [-0.15, -0.1) is 10.2 Å². The van der Waals surface area contributed by atoms with Crippen LogP contribution in [0.4, 0.5) is 10.8 Å². The topological polar surface area (TPSA) is 54.9 Å². The summed E-state index contributed by atoms with van der Waals surface area (Å²) in [7, 11) is 0. The molecule has 6 rings (SSSR count). The van der Waals surface area contributed by atoms with Crippen LogP contribution < -0.4 is 5.32 Å². The number of anilines is 2. The van der Waals surface area contributed by atoms with Crippen LogP contribution in [0.25, 0.3) is 0 Å². The summed E-state index contributed by atoms with van der Waals surface area (Å²) in [5.41, 5.74) is 2.24. The first-order valence-electron chi connectivity index (χ1n) is 9.91. The molecule has 0 spiro atoms. The van der Waals surface area contributed by atoms with Gasteiger partial charge in [-0.3, -0.25) is 4.79 Å². The minimum absolute atomic E-state index is 0.00455. The van der Waals surface area contributed by atoms with E-state index in [1.165, 1.54) is 36.2 Å². The van der Waals surface area contributed by atoms with Gasteiger partial charge >= 0.3 is 0 Å². The Balaban J connectivity index is 1.20. The highest BCUT2D eigenvalue weighted by atomic mass is 32.2. The molecule has 4 fully saturated rings.